The van der Waals surface area contributed by atoms with Crippen LogP contribution in [0.25, 0.3) is 0 Å². The zero-order valence-electron chi connectivity index (χ0n) is 32.7. The largest absolute Gasteiger partial charge is 0.464 e. The summed E-state index contributed by atoms with van der Waals surface area (Å²) >= 11 is 3.20. The molecule has 0 unspecified atom stereocenters. The molecule has 0 saturated carbocycles. The van der Waals surface area contributed by atoms with Gasteiger partial charge in [-0.1, -0.05) is 85.3 Å². The summed E-state index contributed by atoms with van der Waals surface area (Å²) in [6.07, 6.45) is 13.5. The van der Waals surface area contributed by atoms with Gasteiger partial charge in [0.2, 0.25) is 0 Å². The van der Waals surface area contributed by atoms with Crippen LogP contribution in [0.3, 0.4) is 0 Å². The fraction of sp³-hybridized carbons (Fsp3) is 0.391. The Morgan fingerprint density at radius 3 is 1.40 bits per heavy atom. The smallest absolute Gasteiger partial charge is 0.356 e. The van der Waals surface area contributed by atoms with Crippen LogP contribution in [0.2, 0.25) is 0 Å². The number of nitrogens with zero attached hydrogens (tertiary/aromatic N) is 2. The van der Waals surface area contributed by atoms with Crippen LogP contribution < -0.4 is 0 Å². The fourth-order valence-electron chi connectivity index (χ4n) is 6.78. The molecule has 0 aliphatic heterocycles. The summed E-state index contributed by atoms with van der Waals surface area (Å²) in [6.45, 7) is 18.6. The van der Waals surface area contributed by atoms with Crippen molar-refractivity contribution in [3.05, 3.63) is 128 Å². The molecule has 0 radical (unpaired) electrons. The topological polar surface area (TPSA) is 78.4 Å². The first-order valence-corrected chi connectivity index (χ1v) is 18.7. The molecule has 0 saturated heterocycles. The van der Waals surface area contributed by atoms with Crippen molar-refractivity contribution >= 4 is 27.9 Å². The summed E-state index contributed by atoms with van der Waals surface area (Å²) in [5, 5.41) is 0. The molecule has 2 aromatic heterocycles. The van der Waals surface area contributed by atoms with Gasteiger partial charge in [0.25, 0.3) is 0 Å². The Kier molecular flexibility index (Phi) is 12.8. The van der Waals surface area contributed by atoms with Crippen molar-refractivity contribution in [2.24, 2.45) is 0 Å². The zero-order chi connectivity index (χ0) is 39.2. The highest BCUT2D eigenvalue weighted by Crippen LogP contribution is 2.47. The van der Waals surface area contributed by atoms with Crippen molar-refractivity contribution in [1.29, 1.82) is 0 Å². The van der Waals surface area contributed by atoms with Crippen LogP contribution in [0.15, 0.2) is 77.5 Å². The van der Waals surface area contributed by atoms with Crippen molar-refractivity contribution in [1.82, 2.24) is 9.97 Å². The lowest BCUT2D eigenvalue weighted by atomic mass is 9.63. The summed E-state index contributed by atoms with van der Waals surface area (Å²) in [7, 11) is 2.67. The molecule has 0 N–H and O–H groups in total. The van der Waals surface area contributed by atoms with Crippen LogP contribution in [0, 0.1) is 24.2 Å². The van der Waals surface area contributed by atoms with E-state index < -0.39 is 11.9 Å². The van der Waals surface area contributed by atoms with Gasteiger partial charge < -0.3 is 9.47 Å². The van der Waals surface area contributed by atoms with E-state index in [1.807, 2.05) is 0 Å². The number of fused-ring (bicyclic) bond motifs is 2. The molecule has 53 heavy (non-hydrogen) atoms. The number of carbonyl (C=O) groups is 2. The van der Waals surface area contributed by atoms with E-state index in [-0.39, 0.29) is 27.4 Å². The molecule has 6 rings (SSSR count). The lowest BCUT2D eigenvalue weighted by molar-refractivity contribution is 0.0585. The number of carbonyl (C=O) groups excluding carboxylic acids is 2. The number of pyridine rings is 2. The monoisotopic (exact) mass is 774 g/mol. The van der Waals surface area contributed by atoms with Crippen LogP contribution in [0.1, 0.15) is 141 Å². The molecule has 0 amide bonds. The van der Waals surface area contributed by atoms with Gasteiger partial charge in [-0.2, -0.15) is 0 Å². The molecule has 0 bridgehead atoms. The molecule has 0 spiro atoms. The molecule has 2 aliphatic carbocycles. The molecule has 2 heterocycles. The molecule has 276 valence electrons. The van der Waals surface area contributed by atoms with Gasteiger partial charge in [0.15, 0.2) is 0 Å². The van der Waals surface area contributed by atoms with Gasteiger partial charge in [-0.05, 0) is 134 Å². The Morgan fingerprint density at radius 2 is 0.981 bits per heavy atom. The minimum atomic E-state index is -0.441. The van der Waals surface area contributed by atoms with Gasteiger partial charge in [0, 0.05) is 33.6 Å². The first-order valence-electron chi connectivity index (χ1n) is 17.9. The van der Waals surface area contributed by atoms with Gasteiger partial charge in [0.1, 0.15) is 11.4 Å². The fourth-order valence-corrected chi connectivity index (χ4v) is 7.02. The van der Waals surface area contributed by atoms with Gasteiger partial charge in [-0.25, -0.2) is 19.6 Å². The average Bonchev–Trinajstić information content (AvgIpc) is 3.15. The molecule has 7 heteroatoms. The Hall–Kier alpha value is -4.72. The van der Waals surface area contributed by atoms with E-state index in [1.165, 1.54) is 62.2 Å². The van der Waals surface area contributed by atoms with E-state index in [9.17, 15) is 9.59 Å². The standard InChI is InChI=1S/C23H25NO2.C16H20.C7H6BrNO2/c1-22(2)12-13-23(3,4)19-14-16(8-10-18(19)22)6-7-17-9-11-20(24-15-17)21(25)26-5;1-6-12-7-8-13-14(11-12)16(4,5)10-9-15(13,2)3;1-11-7(10)6-3-2-5(8)4-9-6/h8-11,14-15H,12-13H2,1-5H3;1,7-8,11H,9-10H2,2-5H3;2-4H,1H3. The third-order valence-electron chi connectivity index (χ3n) is 10.5. The predicted molar refractivity (Wildman–Crippen MR) is 216 cm³/mol. The lowest BCUT2D eigenvalue weighted by Gasteiger charge is -2.41. The van der Waals surface area contributed by atoms with Crippen molar-refractivity contribution < 1.29 is 19.1 Å². The summed E-state index contributed by atoms with van der Waals surface area (Å²) in [4.78, 5) is 30.2. The highest BCUT2D eigenvalue weighted by molar-refractivity contribution is 9.10. The second-order valence-corrected chi connectivity index (χ2v) is 17.1. The number of benzene rings is 2. The summed E-state index contributed by atoms with van der Waals surface area (Å²) in [5.74, 6) is 8.25. The maximum absolute atomic E-state index is 11.4. The quantitative estimate of drug-likeness (QED) is 0.149. The first-order chi connectivity index (χ1) is 24.8. The average molecular weight is 776 g/mol. The third kappa shape index (κ3) is 10.0. The van der Waals surface area contributed by atoms with E-state index in [0.29, 0.717) is 5.69 Å². The molecule has 4 aromatic rings. The van der Waals surface area contributed by atoms with Gasteiger partial charge >= 0.3 is 11.9 Å². The van der Waals surface area contributed by atoms with Crippen molar-refractivity contribution in [2.45, 2.75) is 103 Å². The molecule has 0 atom stereocenters. The number of terminal acetylenes is 1. The molecular weight excluding hydrogens is 724 g/mol. The summed E-state index contributed by atoms with van der Waals surface area (Å²) in [5.41, 5.74) is 10.1. The Morgan fingerprint density at radius 1 is 0.585 bits per heavy atom. The van der Waals surface area contributed by atoms with E-state index >= 15 is 0 Å². The number of rotatable bonds is 2. The third-order valence-corrected chi connectivity index (χ3v) is 11.0. The number of methoxy groups -OCH3 is 2. The lowest BCUT2D eigenvalue weighted by Crippen LogP contribution is -2.33. The Bertz CT molecular complexity index is 2060. The van der Waals surface area contributed by atoms with Crippen LogP contribution in [-0.4, -0.2) is 36.1 Å². The highest BCUT2D eigenvalue weighted by atomic mass is 79.9. The molecule has 2 aliphatic rings. The van der Waals surface area contributed by atoms with E-state index in [2.05, 4.69) is 145 Å². The van der Waals surface area contributed by atoms with Crippen LogP contribution in [-0.2, 0) is 31.1 Å². The van der Waals surface area contributed by atoms with E-state index in [0.717, 1.165) is 21.2 Å². The number of hydrogen-bond acceptors (Lipinski definition) is 6. The predicted octanol–water partition coefficient (Wildman–Crippen LogP) is 10.3. The number of hydrogen-bond donors (Lipinski definition) is 0. The molecule has 0 fully saturated rings. The van der Waals surface area contributed by atoms with Gasteiger partial charge in [-0.15, -0.1) is 6.42 Å². The molecule has 2 aromatic carbocycles. The molecular formula is C46H51BrN2O4. The number of halogens is 1. The van der Waals surface area contributed by atoms with Crippen molar-refractivity contribution in [3.8, 4) is 24.2 Å². The Labute approximate surface area is 324 Å². The molecule has 6 nitrogen and oxygen atoms in total. The minimum Gasteiger partial charge on any atom is -0.464 e. The van der Waals surface area contributed by atoms with Crippen LogP contribution in [0.5, 0.6) is 0 Å². The maximum atomic E-state index is 11.4. The summed E-state index contributed by atoms with van der Waals surface area (Å²) < 4.78 is 9.95. The zero-order valence-corrected chi connectivity index (χ0v) is 34.3. The number of esters is 2. The van der Waals surface area contributed by atoms with E-state index in [1.54, 1.807) is 36.7 Å². The second-order valence-electron chi connectivity index (χ2n) is 16.2. The van der Waals surface area contributed by atoms with Gasteiger partial charge in [0.05, 0.1) is 14.2 Å². The number of aromatic nitrogens is 2. The first kappa shape index (κ1) is 41.0. The van der Waals surface area contributed by atoms with Crippen LogP contribution in [0.4, 0.5) is 0 Å². The normalized spacial score (nSPS) is 16.5. The minimum absolute atomic E-state index is 0.173. The summed E-state index contributed by atoms with van der Waals surface area (Å²) in [6, 6.07) is 19.8. The van der Waals surface area contributed by atoms with Crippen molar-refractivity contribution in [2.75, 3.05) is 14.2 Å². The highest BCUT2D eigenvalue weighted by Gasteiger charge is 2.38. The Balaban J connectivity index is 0.000000197. The van der Waals surface area contributed by atoms with Gasteiger partial charge in [-0.3, -0.25) is 0 Å². The van der Waals surface area contributed by atoms with E-state index in [4.69, 9.17) is 6.42 Å². The number of ether oxygens (including phenoxy) is 2. The van der Waals surface area contributed by atoms with Crippen LogP contribution >= 0.6 is 15.9 Å². The SMILES string of the molecule is C#Cc1ccc2c(c1)C(C)(C)CCC2(C)C.COC(=O)c1ccc(Br)cn1.COC(=O)c1ccc(C#Cc2ccc3c(c2)C(C)(C)CCC3(C)C)cn1. The maximum Gasteiger partial charge on any atom is 0.356 e. The van der Waals surface area contributed by atoms with Crippen molar-refractivity contribution in [3.63, 3.8) is 0 Å². The second kappa shape index (κ2) is 16.5.